The SMILES string of the molecule is CCC(I)=C(c1ccc(C)cc1)c1ccc(C)cc1. The van der Waals surface area contributed by atoms with E-state index in [2.05, 4.69) is 91.9 Å². The van der Waals surface area contributed by atoms with E-state index in [9.17, 15) is 0 Å². The normalized spacial score (nSPS) is 10.3. The highest BCUT2D eigenvalue weighted by Crippen LogP contribution is 2.32. The molecule has 0 aliphatic heterocycles. The fourth-order valence-corrected chi connectivity index (χ4v) is 2.72. The lowest BCUT2D eigenvalue weighted by Gasteiger charge is -2.12. The molecule has 0 heterocycles. The van der Waals surface area contributed by atoms with Crippen molar-refractivity contribution in [3.8, 4) is 0 Å². The van der Waals surface area contributed by atoms with E-state index in [1.165, 1.54) is 31.4 Å². The molecule has 0 nitrogen and oxygen atoms in total. The lowest BCUT2D eigenvalue weighted by atomic mass is 9.95. The van der Waals surface area contributed by atoms with E-state index >= 15 is 0 Å². The molecule has 0 aliphatic rings. The maximum absolute atomic E-state index is 2.47. The highest BCUT2D eigenvalue weighted by molar-refractivity contribution is 14.1. The second-order valence-corrected chi connectivity index (χ2v) is 6.17. The van der Waals surface area contributed by atoms with E-state index in [0.29, 0.717) is 0 Å². The van der Waals surface area contributed by atoms with Crippen LogP contribution in [0, 0.1) is 13.8 Å². The fourth-order valence-electron chi connectivity index (χ4n) is 2.10. The predicted octanol–water partition coefficient (Wildman–Crippen LogP) is 5.91. The molecular formula is C18H19I. The van der Waals surface area contributed by atoms with Crippen molar-refractivity contribution in [3.05, 3.63) is 74.4 Å². The van der Waals surface area contributed by atoms with Crippen LogP contribution in [0.4, 0.5) is 0 Å². The third kappa shape index (κ3) is 3.47. The Morgan fingerprint density at radius 1 is 0.789 bits per heavy atom. The van der Waals surface area contributed by atoms with Crippen LogP contribution in [0.5, 0.6) is 0 Å². The Bertz CT molecular complexity index is 527. The Balaban J connectivity index is 2.54. The Morgan fingerprint density at radius 3 is 1.47 bits per heavy atom. The molecule has 2 aromatic carbocycles. The van der Waals surface area contributed by atoms with Gasteiger partial charge in [0.05, 0.1) is 0 Å². The summed E-state index contributed by atoms with van der Waals surface area (Å²) in [5, 5.41) is 0. The minimum Gasteiger partial charge on any atom is -0.0608 e. The lowest BCUT2D eigenvalue weighted by Crippen LogP contribution is -1.91. The molecule has 0 aromatic heterocycles. The summed E-state index contributed by atoms with van der Waals surface area (Å²) in [5.41, 5.74) is 6.58. The standard InChI is InChI=1S/C18H19I/c1-4-17(19)18(15-9-5-13(2)6-10-15)16-11-7-14(3)8-12-16/h5-12H,4H2,1-3H3. The lowest BCUT2D eigenvalue weighted by molar-refractivity contribution is 1.21. The van der Waals surface area contributed by atoms with Gasteiger partial charge in [-0.3, -0.25) is 0 Å². The summed E-state index contributed by atoms with van der Waals surface area (Å²) in [4.78, 5) is 0. The minimum atomic E-state index is 1.07. The summed E-state index contributed by atoms with van der Waals surface area (Å²) in [5.74, 6) is 0. The van der Waals surface area contributed by atoms with Crippen LogP contribution < -0.4 is 0 Å². The van der Waals surface area contributed by atoms with Gasteiger partial charge in [-0.25, -0.2) is 0 Å². The van der Waals surface area contributed by atoms with E-state index in [4.69, 9.17) is 0 Å². The Hall–Kier alpha value is -1.09. The number of allylic oxidation sites excluding steroid dienone is 1. The molecular weight excluding hydrogens is 343 g/mol. The molecule has 0 amide bonds. The summed E-state index contributed by atoms with van der Waals surface area (Å²) in [6.07, 6.45) is 1.07. The molecule has 0 N–H and O–H groups in total. The highest BCUT2D eigenvalue weighted by Gasteiger charge is 2.09. The summed E-state index contributed by atoms with van der Waals surface area (Å²) in [6, 6.07) is 17.6. The third-order valence-corrected chi connectivity index (χ3v) is 4.56. The number of rotatable bonds is 3. The number of benzene rings is 2. The molecule has 98 valence electrons. The third-order valence-electron chi connectivity index (χ3n) is 3.26. The van der Waals surface area contributed by atoms with Crippen molar-refractivity contribution in [2.24, 2.45) is 0 Å². The summed E-state index contributed by atoms with van der Waals surface area (Å²) < 4.78 is 1.41. The molecule has 0 aliphatic carbocycles. The van der Waals surface area contributed by atoms with E-state index in [0.717, 1.165) is 6.42 Å². The van der Waals surface area contributed by atoms with Crippen molar-refractivity contribution >= 4 is 28.2 Å². The number of hydrogen-bond donors (Lipinski definition) is 0. The van der Waals surface area contributed by atoms with Gasteiger partial charge in [0.15, 0.2) is 0 Å². The van der Waals surface area contributed by atoms with Crippen LogP contribution in [0.1, 0.15) is 35.6 Å². The van der Waals surface area contributed by atoms with Gasteiger partial charge in [-0.1, -0.05) is 66.6 Å². The number of hydrogen-bond acceptors (Lipinski definition) is 0. The van der Waals surface area contributed by atoms with Crippen LogP contribution in [-0.4, -0.2) is 0 Å². The van der Waals surface area contributed by atoms with Gasteiger partial charge in [0.25, 0.3) is 0 Å². The highest BCUT2D eigenvalue weighted by atomic mass is 127. The number of aryl methyl sites for hydroxylation is 2. The smallest absolute Gasteiger partial charge is 0.00124 e. The van der Waals surface area contributed by atoms with E-state index in [1.54, 1.807) is 0 Å². The topological polar surface area (TPSA) is 0 Å². The van der Waals surface area contributed by atoms with Crippen molar-refractivity contribution in [1.82, 2.24) is 0 Å². The first-order chi connectivity index (χ1) is 9.11. The maximum atomic E-state index is 2.47. The first-order valence-corrected chi connectivity index (χ1v) is 7.72. The zero-order chi connectivity index (χ0) is 13.8. The van der Waals surface area contributed by atoms with E-state index in [-0.39, 0.29) is 0 Å². The molecule has 0 atom stereocenters. The van der Waals surface area contributed by atoms with Crippen LogP contribution >= 0.6 is 22.6 Å². The molecule has 0 radical (unpaired) electrons. The monoisotopic (exact) mass is 362 g/mol. The van der Waals surface area contributed by atoms with Crippen LogP contribution in [0.25, 0.3) is 5.57 Å². The van der Waals surface area contributed by atoms with Crippen molar-refractivity contribution in [2.75, 3.05) is 0 Å². The van der Waals surface area contributed by atoms with Crippen LogP contribution in [0.2, 0.25) is 0 Å². The second kappa shape index (κ2) is 6.38. The average Bonchev–Trinajstić information content (AvgIpc) is 2.43. The number of halogens is 1. The molecule has 0 bridgehead atoms. The molecule has 0 spiro atoms. The van der Waals surface area contributed by atoms with Gasteiger partial charge >= 0.3 is 0 Å². The van der Waals surface area contributed by atoms with E-state index in [1.807, 2.05) is 0 Å². The summed E-state index contributed by atoms with van der Waals surface area (Å²) in [6.45, 7) is 6.47. The van der Waals surface area contributed by atoms with Gasteiger partial charge in [0.1, 0.15) is 0 Å². The molecule has 2 rings (SSSR count). The Morgan fingerprint density at radius 2 is 1.16 bits per heavy atom. The molecule has 0 fully saturated rings. The van der Waals surface area contributed by atoms with Crippen molar-refractivity contribution < 1.29 is 0 Å². The Kier molecular flexibility index (Phi) is 4.81. The van der Waals surface area contributed by atoms with Crippen LogP contribution in [-0.2, 0) is 0 Å². The molecule has 0 saturated carbocycles. The Labute approximate surface area is 129 Å². The van der Waals surface area contributed by atoms with Gasteiger partial charge in [-0.2, -0.15) is 0 Å². The fraction of sp³-hybridized carbons (Fsp3) is 0.222. The van der Waals surface area contributed by atoms with Crippen molar-refractivity contribution in [2.45, 2.75) is 27.2 Å². The van der Waals surface area contributed by atoms with Gasteiger partial charge < -0.3 is 0 Å². The first-order valence-electron chi connectivity index (χ1n) is 6.64. The zero-order valence-electron chi connectivity index (χ0n) is 11.7. The van der Waals surface area contributed by atoms with E-state index < -0.39 is 0 Å². The average molecular weight is 362 g/mol. The van der Waals surface area contributed by atoms with Gasteiger partial charge in [0, 0.05) is 0 Å². The summed E-state index contributed by atoms with van der Waals surface area (Å²) in [7, 11) is 0. The zero-order valence-corrected chi connectivity index (χ0v) is 13.9. The van der Waals surface area contributed by atoms with Gasteiger partial charge in [-0.15, -0.1) is 0 Å². The molecule has 19 heavy (non-hydrogen) atoms. The maximum Gasteiger partial charge on any atom is -0.00124 e. The largest absolute Gasteiger partial charge is 0.0608 e. The molecule has 1 heteroatoms. The van der Waals surface area contributed by atoms with Crippen LogP contribution in [0.3, 0.4) is 0 Å². The minimum absolute atomic E-state index is 1.07. The van der Waals surface area contributed by atoms with Crippen molar-refractivity contribution in [3.63, 3.8) is 0 Å². The van der Waals surface area contributed by atoms with Gasteiger partial charge in [0.2, 0.25) is 0 Å². The first kappa shape index (κ1) is 14.3. The molecule has 0 unspecified atom stereocenters. The second-order valence-electron chi connectivity index (χ2n) is 4.87. The molecule has 0 saturated heterocycles. The van der Waals surface area contributed by atoms with Gasteiger partial charge in [-0.05, 0) is 63.1 Å². The summed E-state index contributed by atoms with van der Waals surface area (Å²) >= 11 is 2.47. The van der Waals surface area contributed by atoms with Crippen molar-refractivity contribution in [1.29, 1.82) is 0 Å². The molecule has 2 aromatic rings. The quantitative estimate of drug-likeness (QED) is 0.596. The van der Waals surface area contributed by atoms with Crippen LogP contribution in [0.15, 0.2) is 52.1 Å². The predicted molar refractivity (Wildman–Crippen MR) is 92.7 cm³/mol.